The molecular weight excluding hydrogens is 1040 g/mol. The average molecular weight is 1120 g/mol. The fourth-order valence-electron chi connectivity index (χ4n) is 11.0. The van der Waals surface area contributed by atoms with Crippen LogP contribution in [0.1, 0.15) is 112 Å². The Morgan fingerprint density at radius 1 is 1.00 bits per heavy atom. The average Bonchev–Trinajstić information content (AvgIpc) is 3.82. The largest absolute Gasteiger partial charge is 0.459 e. The minimum absolute atomic E-state index is 0.0196. The number of benzene rings is 1. The third kappa shape index (κ3) is 14.8. The van der Waals surface area contributed by atoms with Crippen molar-refractivity contribution in [2.45, 2.75) is 209 Å². The van der Waals surface area contributed by atoms with Crippen molar-refractivity contribution in [3.8, 4) is 0 Å². The number of amides is 1. The van der Waals surface area contributed by atoms with Gasteiger partial charge in [0, 0.05) is 68.6 Å². The molecule has 0 radical (unpaired) electrons. The number of ether oxygens (including phenoxy) is 6. The predicted molar refractivity (Wildman–Crippen MR) is 274 cm³/mol. The lowest BCUT2D eigenvalue weighted by atomic mass is 9.74. The fourth-order valence-corrected chi connectivity index (χ4v) is 11.2. The third-order valence-electron chi connectivity index (χ3n) is 15.8. The molecule has 2 aromatic rings. The van der Waals surface area contributed by atoms with Crippen LogP contribution in [0.15, 0.2) is 30.5 Å². The third-order valence-corrected chi connectivity index (χ3v) is 16.2. The van der Waals surface area contributed by atoms with Crippen LogP contribution in [0.5, 0.6) is 0 Å². The monoisotopic (exact) mass is 1120 g/mol. The Morgan fingerprint density at radius 2 is 1.64 bits per heavy atom. The minimum Gasteiger partial charge on any atom is -0.459 e. The molecule has 3 saturated heterocycles. The van der Waals surface area contributed by atoms with Crippen LogP contribution in [-0.4, -0.2) is 189 Å². The number of ketones is 1. The Kier molecular flexibility index (Phi) is 21.8. The number of nitrogens with zero attached hydrogens (tertiary/aromatic N) is 5. The number of non-ortho nitro benzene ring substituents is 1. The number of aromatic nitrogens is 3. The maximum Gasteiger partial charge on any atom is 0.311 e. The second-order valence-electron chi connectivity index (χ2n) is 21.9. The lowest BCUT2D eigenvalue weighted by molar-refractivity contribution is -0.384. The summed E-state index contributed by atoms with van der Waals surface area (Å²) in [4.78, 5) is 52.2. The molecule has 1 aromatic heterocycles. The minimum atomic E-state index is -2.07. The molecule has 1 amide bonds. The van der Waals surface area contributed by atoms with E-state index in [1.54, 1.807) is 61.7 Å². The Balaban J connectivity index is 1.42. The Labute approximate surface area is 453 Å². The van der Waals surface area contributed by atoms with Crippen LogP contribution in [-0.2, 0) is 55.8 Å². The van der Waals surface area contributed by atoms with E-state index in [1.165, 1.54) is 56.8 Å². The molecule has 0 bridgehead atoms. The van der Waals surface area contributed by atoms with Crippen LogP contribution in [0.4, 0.5) is 5.69 Å². The number of halogens is 2. The number of likely N-dealkylation sites (N-methyl/N-ethyl adjacent to an activating group) is 1. The number of hydrogen-bond donors (Lipinski definition) is 7. The summed E-state index contributed by atoms with van der Waals surface area (Å²) in [5.74, 6) is -6.33. The molecule has 25 heteroatoms. The molecule has 2 unspecified atom stereocenters. The second kappa shape index (κ2) is 26.2. The SMILES string of the molecule is CC[C@H]1OC(=O)[C@H](C)[C@@H](O[C@H]2C[C@@](C)(OC)[C@@H](O)[C@H](C)O2)[C@H](C)[C@@H](O[C@@H]2O[C@H](C)C[C@H](N(C)CCc3cn(CC(NC(=O)C(Cl)Cl)C(O)c4ccc([N+](=O)[O-])cc4)nn3)[C@H]2O)[C@](C)(O)C[C@@H](C)C(=O)[C@H](C)[C@@H](O)[C@]1(C)O. The summed E-state index contributed by atoms with van der Waals surface area (Å²) in [6, 6.07) is 3.53. The van der Waals surface area contributed by atoms with Gasteiger partial charge in [0.2, 0.25) is 0 Å². The highest BCUT2D eigenvalue weighted by Gasteiger charge is 2.54. The van der Waals surface area contributed by atoms with Crippen LogP contribution in [0.2, 0.25) is 0 Å². The zero-order valence-corrected chi connectivity index (χ0v) is 46.9. The summed E-state index contributed by atoms with van der Waals surface area (Å²) < 4.78 is 39.1. The van der Waals surface area contributed by atoms with Gasteiger partial charge >= 0.3 is 5.97 Å². The lowest BCUT2D eigenvalue weighted by Gasteiger charge is -2.49. The maximum absolute atomic E-state index is 14.4. The smallest absolute Gasteiger partial charge is 0.311 e. The summed E-state index contributed by atoms with van der Waals surface area (Å²) in [5, 5.41) is 92.9. The first kappa shape index (κ1) is 63.3. The topological polar surface area (TPSA) is 317 Å². The van der Waals surface area contributed by atoms with Gasteiger partial charge in [-0.3, -0.25) is 29.2 Å². The van der Waals surface area contributed by atoms with Gasteiger partial charge in [-0.25, -0.2) is 0 Å². The number of alkyl halides is 2. The number of methoxy groups -OCH3 is 1. The highest BCUT2D eigenvalue weighted by Crippen LogP contribution is 2.41. The van der Waals surface area contributed by atoms with Gasteiger partial charge < -0.3 is 69.3 Å². The number of Topliss-reactive ketones (excluding diaryl/α,β-unsaturated/α-hetero) is 1. The van der Waals surface area contributed by atoms with Gasteiger partial charge in [0.15, 0.2) is 17.4 Å². The number of aliphatic hydroxyl groups is 6. The van der Waals surface area contributed by atoms with Gasteiger partial charge in [0.05, 0.1) is 70.8 Å². The molecule has 0 saturated carbocycles. The van der Waals surface area contributed by atoms with Crippen LogP contribution >= 0.6 is 23.2 Å². The van der Waals surface area contributed by atoms with E-state index in [9.17, 15) is 55.1 Å². The Bertz CT molecular complexity index is 2260. The molecule has 3 aliphatic heterocycles. The molecule has 4 heterocycles. The standard InChI is InChI=1S/C51H80Cl2N6O17/c1-13-36-51(10,68)42(63)27(4)38(60)25(2)21-49(8,67)44(28(5)41(29(6)47(66)74-36)75-37-22-50(9,71-12)43(64)30(7)73-37)76-48-40(62)35(20-26(3)72-48)57(11)19-18-32-23-58(56-55-32)24-34(54-46(65)45(52)53)39(61)31-14-16-33(17-15-31)59(69)70/h14-17,23,25-30,34-37,39-45,48,61-64,67-68H,13,18-22,24H2,1-12H3,(H,54,65)/t25-,26-,27+,28+,29-,30+,34?,35+,36-,37+,39?,40-,41+,42-,43+,44-,48+,49-,50-,51-/m1/s1. The number of carbonyl (C=O) groups is 3. The highest BCUT2D eigenvalue weighted by molar-refractivity contribution is 6.53. The van der Waals surface area contributed by atoms with E-state index < -0.39 is 147 Å². The van der Waals surface area contributed by atoms with Crippen molar-refractivity contribution in [3.63, 3.8) is 0 Å². The van der Waals surface area contributed by atoms with Crippen LogP contribution in [0, 0.1) is 33.8 Å². The summed E-state index contributed by atoms with van der Waals surface area (Å²) in [6.45, 7) is 16.1. The first-order valence-electron chi connectivity index (χ1n) is 25.9. The van der Waals surface area contributed by atoms with Crippen molar-refractivity contribution in [1.29, 1.82) is 0 Å². The Hall–Kier alpha value is -3.53. The lowest BCUT2D eigenvalue weighted by Crippen LogP contribution is -2.61. The second-order valence-corrected chi connectivity index (χ2v) is 23.0. The normalized spacial score (nSPS) is 38.1. The number of carbonyl (C=O) groups excluding carboxylic acids is 3. The van der Waals surface area contributed by atoms with Crippen molar-refractivity contribution in [2.24, 2.45) is 23.7 Å². The van der Waals surface area contributed by atoms with Crippen LogP contribution in [0.25, 0.3) is 0 Å². The summed E-state index contributed by atoms with van der Waals surface area (Å²) in [5.41, 5.74) is -4.55. The molecule has 0 spiro atoms. The van der Waals surface area contributed by atoms with Crippen molar-refractivity contribution in [3.05, 3.63) is 51.8 Å². The highest BCUT2D eigenvalue weighted by atomic mass is 35.5. The molecule has 430 valence electrons. The molecular formula is C51H80Cl2N6O17. The van der Waals surface area contributed by atoms with Gasteiger partial charge in [-0.15, -0.1) is 5.10 Å². The van der Waals surface area contributed by atoms with E-state index >= 15 is 0 Å². The van der Waals surface area contributed by atoms with Gasteiger partial charge in [-0.05, 0) is 85.5 Å². The first-order valence-corrected chi connectivity index (χ1v) is 26.7. The molecule has 3 aliphatic rings. The van der Waals surface area contributed by atoms with Crippen molar-refractivity contribution < 1.29 is 78.4 Å². The molecule has 23 nitrogen and oxygen atoms in total. The number of nitrogens with one attached hydrogen (secondary N) is 1. The quantitative estimate of drug-likeness (QED) is 0.0518. The van der Waals surface area contributed by atoms with E-state index in [0.29, 0.717) is 25.1 Å². The number of hydrogen-bond acceptors (Lipinski definition) is 20. The van der Waals surface area contributed by atoms with Crippen LogP contribution < -0.4 is 5.32 Å². The molecule has 0 aliphatic carbocycles. The van der Waals surface area contributed by atoms with E-state index in [2.05, 4.69) is 15.6 Å². The van der Waals surface area contributed by atoms with E-state index in [-0.39, 0.29) is 37.1 Å². The first-order chi connectivity index (χ1) is 35.4. The molecule has 7 N–H and O–H groups in total. The summed E-state index contributed by atoms with van der Waals surface area (Å²) in [6.07, 6.45) is -10.9. The number of aliphatic hydroxyl groups excluding tert-OH is 4. The number of esters is 1. The van der Waals surface area contributed by atoms with E-state index in [0.717, 1.165) is 0 Å². The van der Waals surface area contributed by atoms with Crippen molar-refractivity contribution in [1.82, 2.24) is 25.2 Å². The van der Waals surface area contributed by atoms with Crippen molar-refractivity contribution >= 4 is 46.5 Å². The molecule has 1 aromatic carbocycles. The number of rotatable bonds is 17. The van der Waals surface area contributed by atoms with Gasteiger partial charge in [-0.1, -0.05) is 56.1 Å². The van der Waals surface area contributed by atoms with Crippen LogP contribution in [0.3, 0.4) is 0 Å². The number of nitro benzene ring substituents is 1. The predicted octanol–water partition coefficient (Wildman–Crippen LogP) is 2.92. The van der Waals surface area contributed by atoms with Crippen molar-refractivity contribution in [2.75, 3.05) is 20.7 Å². The molecule has 20 atom stereocenters. The van der Waals surface area contributed by atoms with E-state index in [4.69, 9.17) is 51.6 Å². The van der Waals surface area contributed by atoms with Gasteiger partial charge in [-0.2, -0.15) is 0 Å². The number of nitro groups is 1. The van der Waals surface area contributed by atoms with Gasteiger partial charge in [0.1, 0.15) is 35.8 Å². The van der Waals surface area contributed by atoms with Gasteiger partial charge in [0.25, 0.3) is 11.6 Å². The molecule has 5 rings (SSSR count). The zero-order chi connectivity index (χ0) is 56.9. The Morgan fingerprint density at radius 3 is 2.24 bits per heavy atom. The number of cyclic esters (lactones) is 1. The summed E-state index contributed by atoms with van der Waals surface area (Å²) >= 11 is 11.6. The summed E-state index contributed by atoms with van der Waals surface area (Å²) in [7, 11) is 3.25. The molecule has 3 fully saturated rings. The zero-order valence-electron chi connectivity index (χ0n) is 45.4. The van der Waals surface area contributed by atoms with E-state index in [1.807, 2.05) is 4.90 Å². The fraction of sp³-hybridized carbons (Fsp3) is 0.784. The molecule has 76 heavy (non-hydrogen) atoms. The maximum atomic E-state index is 14.4.